The second-order valence-corrected chi connectivity index (χ2v) is 15.0. The average Bonchev–Trinajstić information content (AvgIpc) is 2.85. The molecule has 0 fully saturated rings. The van der Waals surface area contributed by atoms with Crippen LogP contribution in [-0.2, 0) is 20.6 Å². The van der Waals surface area contributed by atoms with Crippen LogP contribution in [0.4, 0.5) is 0 Å². The summed E-state index contributed by atoms with van der Waals surface area (Å²) in [5.74, 6) is 0.201. The molecule has 0 unspecified atom stereocenters. The maximum absolute atomic E-state index is 11.9. The van der Waals surface area contributed by atoms with Crippen molar-refractivity contribution in [2.24, 2.45) is 5.92 Å². The van der Waals surface area contributed by atoms with Gasteiger partial charge in [-0.2, -0.15) is 0 Å². The summed E-state index contributed by atoms with van der Waals surface area (Å²) in [6.07, 6.45) is 0.784. The topological polar surface area (TPSA) is 47.6 Å². The first-order valence-corrected chi connectivity index (χ1v) is 14.8. The summed E-state index contributed by atoms with van der Waals surface area (Å²) >= 11 is 0. The minimum atomic E-state index is -2.58. The van der Waals surface area contributed by atoms with Crippen molar-refractivity contribution < 1.29 is 14.0 Å². The molecule has 5 heteroatoms. The molecule has 0 bridgehead atoms. The van der Waals surface area contributed by atoms with Crippen LogP contribution in [0.1, 0.15) is 46.6 Å². The maximum atomic E-state index is 11.9. The zero-order valence-electron chi connectivity index (χ0n) is 22.4. The Labute approximate surface area is 218 Å². The summed E-state index contributed by atoms with van der Waals surface area (Å²) in [7, 11) is -2.58. The van der Waals surface area contributed by atoms with Crippen molar-refractivity contribution in [3.8, 4) is 0 Å². The lowest BCUT2D eigenvalue weighted by Crippen LogP contribution is -2.66. The van der Waals surface area contributed by atoms with Crippen LogP contribution in [0.3, 0.4) is 0 Å². The molecule has 0 aliphatic rings. The van der Waals surface area contributed by atoms with Crippen molar-refractivity contribution in [3.63, 3.8) is 0 Å². The van der Waals surface area contributed by atoms with Crippen LogP contribution in [0.25, 0.3) is 0 Å². The molecule has 0 saturated carbocycles. The number of hydrogen-bond donors (Lipinski definition) is 1. The minimum absolute atomic E-state index is 0.0385. The third-order valence-electron chi connectivity index (χ3n) is 6.53. The van der Waals surface area contributed by atoms with Crippen molar-refractivity contribution in [2.75, 3.05) is 13.2 Å². The molecular formula is C31H41NO3Si. The van der Waals surface area contributed by atoms with E-state index in [-0.39, 0.29) is 22.9 Å². The molecular weight excluding hydrogens is 462 g/mol. The predicted molar refractivity (Wildman–Crippen MR) is 151 cm³/mol. The fourth-order valence-corrected chi connectivity index (χ4v) is 9.62. The van der Waals surface area contributed by atoms with E-state index < -0.39 is 8.32 Å². The lowest BCUT2D eigenvalue weighted by Gasteiger charge is -2.43. The van der Waals surface area contributed by atoms with E-state index in [2.05, 4.69) is 93.7 Å². The van der Waals surface area contributed by atoms with Gasteiger partial charge in [-0.3, -0.25) is 4.79 Å². The highest BCUT2D eigenvalue weighted by molar-refractivity contribution is 6.99. The molecule has 0 heterocycles. The fraction of sp³-hybridized carbons (Fsp3) is 0.387. The summed E-state index contributed by atoms with van der Waals surface area (Å²) in [6, 6.07) is 31.5. The third-order valence-corrected chi connectivity index (χ3v) is 11.5. The molecule has 1 N–H and O–H groups in total. The molecule has 192 valence electrons. The van der Waals surface area contributed by atoms with Crippen molar-refractivity contribution in [1.82, 2.24) is 5.32 Å². The molecule has 0 radical (unpaired) electrons. The molecule has 1 amide bonds. The monoisotopic (exact) mass is 503 g/mol. The lowest BCUT2D eigenvalue weighted by atomic mass is 10.0. The SMILES string of the molecule is CC(=O)N[C@@H](COCc1ccccc1)C[C@@H](C)CO[Si](c1ccccc1)(c1ccccc1)C(C)(C)C. The molecule has 3 rings (SSSR count). The van der Waals surface area contributed by atoms with E-state index in [1.807, 2.05) is 30.3 Å². The van der Waals surface area contributed by atoms with Gasteiger partial charge in [-0.05, 0) is 33.3 Å². The molecule has 0 saturated heterocycles. The standard InChI is InChI=1S/C31H41NO3Si/c1-25(21-28(32-26(2)33)24-34-23-27-15-9-6-10-16-27)22-35-36(31(3,4)5,29-17-11-7-12-18-29)30-19-13-8-14-20-30/h6-20,25,28H,21-24H2,1-5H3,(H,32,33)/t25-,28-/m1/s1. The Balaban J connectivity index is 1.74. The zero-order valence-corrected chi connectivity index (χ0v) is 23.4. The first kappa shape index (κ1) is 27.8. The van der Waals surface area contributed by atoms with Gasteiger partial charge in [-0.15, -0.1) is 0 Å². The number of ether oxygens (including phenoxy) is 1. The minimum Gasteiger partial charge on any atom is -0.407 e. The van der Waals surface area contributed by atoms with Gasteiger partial charge in [0, 0.05) is 13.5 Å². The zero-order chi connectivity index (χ0) is 26.0. The molecule has 0 aliphatic carbocycles. The number of rotatable bonds is 12. The van der Waals surface area contributed by atoms with E-state index in [1.54, 1.807) is 6.92 Å². The van der Waals surface area contributed by atoms with Crippen LogP contribution < -0.4 is 15.7 Å². The number of carbonyl (C=O) groups is 1. The summed E-state index contributed by atoms with van der Waals surface area (Å²) in [4.78, 5) is 11.9. The second kappa shape index (κ2) is 13.0. The number of nitrogens with one attached hydrogen (secondary N) is 1. The van der Waals surface area contributed by atoms with Gasteiger partial charge in [0.2, 0.25) is 5.91 Å². The summed E-state index contributed by atoms with van der Waals surface area (Å²) < 4.78 is 13.1. The van der Waals surface area contributed by atoms with Crippen LogP contribution >= 0.6 is 0 Å². The van der Waals surface area contributed by atoms with Gasteiger partial charge in [0.25, 0.3) is 8.32 Å². The van der Waals surface area contributed by atoms with Gasteiger partial charge < -0.3 is 14.5 Å². The first-order chi connectivity index (χ1) is 17.2. The maximum Gasteiger partial charge on any atom is 0.261 e. The highest BCUT2D eigenvalue weighted by Gasteiger charge is 2.50. The first-order valence-electron chi connectivity index (χ1n) is 12.9. The molecule has 2 atom stereocenters. The normalized spacial score (nSPS) is 13.7. The van der Waals surface area contributed by atoms with E-state index in [4.69, 9.17) is 9.16 Å². The van der Waals surface area contributed by atoms with E-state index in [9.17, 15) is 4.79 Å². The number of benzene rings is 3. The predicted octanol–water partition coefficient (Wildman–Crippen LogP) is 5.31. The molecule has 3 aromatic carbocycles. The van der Waals surface area contributed by atoms with E-state index in [0.717, 1.165) is 12.0 Å². The van der Waals surface area contributed by atoms with Crippen molar-refractivity contribution in [2.45, 2.75) is 58.7 Å². The number of carbonyl (C=O) groups excluding carboxylic acids is 1. The molecule has 0 aromatic heterocycles. The van der Waals surface area contributed by atoms with Gasteiger partial charge in [-0.1, -0.05) is 119 Å². The molecule has 0 spiro atoms. The lowest BCUT2D eigenvalue weighted by molar-refractivity contribution is -0.120. The van der Waals surface area contributed by atoms with Gasteiger partial charge in [-0.25, -0.2) is 0 Å². The molecule has 3 aromatic rings. The van der Waals surface area contributed by atoms with E-state index in [1.165, 1.54) is 10.4 Å². The van der Waals surface area contributed by atoms with Crippen LogP contribution in [-0.4, -0.2) is 33.5 Å². The third kappa shape index (κ3) is 7.39. The Hall–Kier alpha value is -2.73. The quantitative estimate of drug-likeness (QED) is 0.341. The fourth-order valence-electron chi connectivity index (χ4n) is 4.93. The molecule has 36 heavy (non-hydrogen) atoms. The van der Waals surface area contributed by atoms with E-state index >= 15 is 0 Å². The Morgan fingerprint density at radius 2 is 1.33 bits per heavy atom. The van der Waals surface area contributed by atoms with Gasteiger partial charge in [0.05, 0.1) is 19.3 Å². The smallest absolute Gasteiger partial charge is 0.261 e. The van der Waals surface area contributed by atoms with Crippen molar-refractivity contribution >= 4 is 24.6 Å². The average molecular weight is 504 g/mol. The Kier molecular flexibility index (Phi) is 10.1. The number of hydrogen-bond acceptors (Lipinski definition) is 3. The highest BCUT2D eigenvalue weighted by Crippen LogP contribution is 2.37. The van der Waals surface area contributed by atoms with Crippen LogP contribution in [0, 0.1) is 5.92 Å². The van der Waals surface area contributed by atoms with Crippen LogP contribution in [0.2, 0.25) is 5.04 Å². The number of amides is 1. The van der Waals surface area contributed by atoms with Gasteiger partial charge in [0.1, 0.15) is 0 Å². The van der Waals surface area contributed by atoms with Gasteiger partial charge >= 0.3 is 0 Å². The molecule has 4 nitrogen and oxygen atoms in total. The van der Waals surface area contributed by atoms with Crippen molar-refractivity contribution in [1.29, 1.82) is 0 Å². The summed E-state index contributed by atoms with van der Waals surface area (Å²) in [5, 5.41) is 5.57. The highest BCUT2D eigenvalue weighted by atomic mass is 28.4. The Bertz CT molecular complexity index is 1010. The molecule has 0 aliphatic heterocycles. The summed E-state index contributed by atoms with van der Waals surface area (Å²) in [6.45, 7) is 12.3. The van der Waals surface area contributed by atoms with Crippen LogP contribution in [0.15, 0.2) is 91.0 Å². The van der Waals surface area contributed by atoms with Crippen molar-refractivity contribution in [3.05, 3.63) is 96.6 Å². The second-order valence-electron chi connectivity index (χ2n) is 10.7. The Morgan fingerprint density at radius 1 is 0.833 bits per heavy atom. The summed E-state index contributed by atoms with van der Waals surface area (Å²) in [5.41, 5.74) is 1.13. The largest absolute Gasteiger partial charge is 0.407 e. The Morgan fingerprint density at radius 3 is 1.81 bits per heavy atom. The van der Waals surface area contributed by atoms with Crippen LogP contribution in [0.5, 0.6) is 0 Å². The van der Waals surface area contributed by atoms with E-state index in [0.29, 0.717) is 19.8 Å². The van der Waals surface area contributed by atoms with Gasteiger partial charge in [0.15, 0.2) is 0 Å².